The Morgan fingerprint density at radius 2 is 1.31 bits per heavy atom. The normalized spacial score (nSPS) is 10.9. The van der Waals surface area contributed by atoms with Crippen molar-refractivity contribution in [3.05, 3.63) is 65.5 Å². The van der Waals surface area contributed by atoms with E-state index in [4.69, 9.17) is 4.74 Å². The van der Waals surface area contributed by atoms with E-state index >= 15 is 0 Å². The summed E-state index contributed by atoms with van der Waals surface area (Å²) in [6.45, 7) is 3.68. The molecule has 0 aliphatic carbocycles. The first kappa shape index (κ1) is 19.4. The van der Waals surface area contributed by atoms with E-state index < -0.39 is 11.3 Å². The van der Waals surface area contributed by atoms with Gasteiger partial charge in [0.2, 0.25) is 11.8 Å². The lowest BCUT2D eigenvalue weighted by Crippen LogP contribution is -2.47. The minimum atomic E-state index is -1.23. The van der Waals surface area contributed by atoms with E-state index in [2.05, 4.69) is 10.6 Å². The molecule has 0 spiro atoms. The highest BCUT2D eigenvalue weighted by atomic mass is 19.1. The number of amides is 2. The predicted octanol–water partition coefficient (Wildman–Crippen LogP) is 2.79. The number of hydrogen-bond donors (Lipinski definition) is 2. The molecule has 0 unspecified atom stereocenters. The molecule has 0 radical (unpaired) electrons. The van der Waals surface area contributed by atoms with Crippen molar-refractivity contribution < 1.29 is 18.7 Å². The van der Waals surface area contributed by atoms with Gasteiger partial charge in [0.05, 0.1) is 7.11 Å². The van der Waals surface area contributed by atoms with Gasteiger partial charge < -0.3 is 15.4 Å². The summed E-state index contributed by atoms with van der Waals surface area (Å²) in [6, 6.07) is 13.1. The van der Waals surface area contributed by atoms with Crippen molar-refractivity contribution in [3.8, 4) is 5.75 Å². The van der Waals surface area contributed by atoms with Crippen LogP contribution in [0.3, 0.4) is 0 Å². The molecule has 0 heterocycles. The summed E-state index contributed by atoms with van der Waals surface area (Å²) in [5.74, 6) is -0.363. The van der Waals surface area contributed by atoms with Crippen molar-refractivity contribution in [2.45, 2.75) is 26.9 Å². The van der Waals surface area contributed by atoms with Crippen molar-refractivity contribution in [3.63, 3.8) is 0 Å². The smallest absolute Gasteiger partial charge is 0.235 e. The van der Waals surface area contributed by atoms with Crippen LogP contribution in [0.4, 0.5) is 4.39 Å². The first-order valence-electron chi connectivity index (χ1n) is 8.27. The molecule has 0 bridgehead atoms. The molecule has 2 aromatic carbocycles. The molecule has 2 N–H and O–H groups in total. The van der Waals surface area contributed by atoms with Gasteiger partial charge in [-0.2, -0.15) is 0 Å². The maximum atomic E-state index is 12.9. The third-order valence-electron chi connectivity index (χ3n) is 4.11. The van der Waals surface area contributed by atoms with E-state index in [1.165, 1.54) is 12.1 Å². The lowest BCUT2D eigenvalue weighted by Gasteiger charge is -2.23. The summed E-state index contributed by atoms with van der Waals surface area (Å²) in [7, 11) is 1.59. The average molecular weight is 358 g/mol. The number of ether oxygens (including phenoxy) is 1. The van der Waals surface area contributed by atoms with Crippen molar-refractivity contribution in [2.75, 3.05) is 7.11 Å². The van der Waals surface area contributed by atoms with Crippen LogP contribution in [0.25, 0.3) is 0 Å². The van der Waals surface area contributed by atoms with Crippen molar-refractivity contribution >= 4 is 11.8 Å². The first-order chi connectivity index (χ1) is 12.3. The third kappa shape index (κ3) is 5.05. The van der Waals surface area contributed by atoms with Crippen LogP contribution >= 0.6 is 0 Å². The van der Waals surface area contributed by atoms with Crippen LogP contribution in [0.15, 0.2) is 48.5 Å². The number of benzene rings is 2. The lowest BCUT2D eigenvalue weighted by atomic mass is 9.91. The molecular formula is C20H23FN2O3. The highest BCUT2D eigenvalue weighted by Gasteiger charge is 2.35. The summed E-state index contributed by atoms with van der Waals surface area (Å²) in [5, 5.41) is 5.49. The minimum absolute atomic E-state index is 0.230. The second kappa shape index (κ2) is 8.47. The number of rotatable bonds is 7. The molecule has 0 atom stereocenters. The monoisotopic (exact) mass is 358 g/mol. The molecule has 2 rings (SSSR count). The summed E-state index contributed by atoms with van der Waals surface area (Å²) in [6.07, 6.45) is 0. The molecule has 0 aliphatic heterocycles. The Hall–Kier alpha value is -2.89. The average Bonchev–Trinajstić information content (AvgIpc) is 2.65. The largest absolute Gasteiger partial charge is 0.497 e. The van der Waals surface area contributed by atoms with Crippen LogP contribution in [0.2, 0.25) is 0 Å². The number of methoxy groups -OCH3 is 1. The zero-order chi connectivity index (χ0) is 19.2. The maximum absolute atomic E-state index is 12.9. The number of hydrogen-bond acceptors (Lipinski definition) is 3. The van der Waals surface area contributed by atoms with Gasteiger partial charge in [0, 0.05) is 13.1 Å². The molecule has 5 nitrogen and oxygen atoms in total. The molecule has 6 heteroatoms. The topological polar surface area (TPSA) is 67.4 Å². The SMILES string of the molecule is COc1ccc(CNC(=O)C(C)(C)C(=O)NCc2ccc(F)cc2)cc1. The van der Waals surface area contributed by atoms with E-state index in [1.54, 1.807) is 33.1 Å². The Kier molecular flexibility index (Phi) is 6.33. The van der Waals surface area contributed by atoms with Gasteiger partial charge in [0.1, 0.15) is 17.0 Å². The first-order valence-corrected chi connectivity index (χ1v) is 8.27. The molecule has 0 fully saturated rings. The number of carbonyl (C=O) groups is 2. The summed E-state index contributed by atoms with van der Waals surface area (Å²) in [4.78, 5) is 24.8. The molecule has 26 heavy (non-hydrogen) atoms. The van der Waals surface area contributed by atoms with Gasteiger partial charge in [0.25, 0.3) is 0 Å². The zero-order valence-corrected chi connectivity index (χ0v) is 15.1. The highest BCUT2D eigenvalue weighted by molar-refractivity contribution is 6.04. The van der Waals surface area contributed by atoms with Crippen molar-refractivity contribution in [1.29, 1.82) is 0 Å². The van der Waals surface area contributed by atoms with Crippen LogP contribution in [0.1, 0.15) is 25.0 Å². The van der Waals surface area contributed by atoms with E-state index in [-0.39, 0.29) is 18.3 Å². The van der Waals surface area contributed by atoms with Gasteiger partial charge >= 0.3 is 0 Å². The van der Waals surface area contributed by atoms with E-state index in [0.717, 1.165) is 16.9 Å². The Morgan fingerprint density at radius 1 is 0.885 bits per heavy atom. The molecule has 0 aromatic heterocycles. The number of halogens is 1. The maximum Gasteiger partial charge on any atom is 0.235 e. The van der Waals surface area contributed by atoms with Crippen molar-refractivity contribution in [1.82, 2.24) is 10.6 Å². The van der Waals surface area contributed by atoms with E-state index in [1.807, 2.05) is 24.3 Å². The van der Waals surface area contributed by atoms with Gasteiger partial charge in [-0.15, -0.1) is 0 Å². The van der Waals surface area contributed by atoms with Gasteiger partial charge in [-0.25, -0.2) is 4.39 Å². The van der Waals surface area contributed by atoms with Crippen LogP contribution in [0, 0.1) is 11.2 Å². The standard InChI is InChI=1S/C20H23FN2O3/c1-20(2,18(24)22-12-14-4-8-16(21)9-5-14)19(25)23-13-15-6-10-17(26-3)11-7-15/h4-11H,12-13H2,1-3H3,(H,22,24)(H,23,25). The highest BCUT2D eigenvalue weighted by Crippen LogP contribution is 2.17. The summed E-state index contributed by atoms with van der Waals surface area (Å²) >= 11 is 0. The van der Waals surface area contributed by atoms with Crippen LogP contribution in [-0.4, -0.2) is 18.9 Å². The van der Waals surface area contributed by atoms with E-state index in [9.17, 15) is 14.0 Å². The Bertz CT molecular complexity index is 756. The Morgan fingerprint density at radius 3 is 1.73 bits per heavy atom. The summed E-state index contributed by atoms with van der Waals surface area (Å²) < 4.78 is 18.0. The number of nitrogens with one attached hydrogen (secondary N) is 2. The van der Waals surface area contributed by atoms with E-state index in [0.29, 0.717) is 6.54 Å². The fraction of sp³-hybridized carbons (Fsp3) is 0.300. The van der Waals surface area contributed by atoms with Gasteiger partial charge in [-0.1, -0.05) is 24.3 Å². The zero-order valence-electron chi connectivity index (χ0n) is 15.1. The van der Waals surface area contributed by atoms with Gasteiger partial charge in [-0.05, 0) is 49.2 Å². The molecule has 138 valence electrons. The molecular weight excluding hydrogens is 335 g/mol. The second-order valence-corrected chi connectivity index (χ2v) is 6.46. The fourth-order valence-corrected chi connectivity index (χ4v) is 2.26. The number of carbonyl (C=O) groups excluding carboxylic acids is 2. The molecule has 2 amide bonds. The predicted molar refractivity (Wildman–Crippen MR) is 96.9 cm³/mol. The Labute approximate surface area is 152 Å². The lowest BCUT2D eigenvalue weighted by molar-refractivity contribution is -0.141. The third-order valence-corrected chi connectivity index (χ3v) is 4.11. The van der Waals surface area contributed by atoms with Gasteiger partial charge in [0.15, 0.2) is 0 Å². The quantitative estimate of drug-likeness (QED) is 0.748. The molecule has 0 aliphatic rings. The van der Waals surface area contributed by atoms with Crippen molar-refractivity contribution in [2.24, 2.45) is 5.41 Å². The Balaban J connectivity index is 1.88. The van der Waals surface area contributed by atoms with Crippen LogP contribution < -0.4 is 15.4 Å². The fourth-order valence-electron chi connectivity index (χ4n) is 2.26. The van der Waals surface area contributed by atoms with Crippen LogP contribution in [0.5, 0.6) is 5.75 Å². The second-order valence-electron chi connectivity index (χ2n) is 6.46. The molecule has 2 aromatic rings. The van der Waals surface area contributed by atoms with Gasteiger partial charge in [-0.3, -0.25) is 9.59 Å². The molecule has 0 saturated carbocycles. The molecule has 0 saturated heterocycles. The summed E-state index contributed by atoms with van der Waals surface area (Å²) in [5.41, 5.74) is 0.433. The minimum Gasteiger partial charge on any atom is -0.497 e. The van der Waals surface area contributed by atoms with Crippen LogP contribution in [-0.2, 0) is 22.7 Å².